The number of nitrogens with one attached hydrogen (secondary N) is 1. The first-order valence-corrected chi connectivity index (χ1v) is 6.54. The Hall–Kier alpha value is -2.08. The lowest BCUT2D eigenvalue weighted by Gasteiger charge is -2.23. The van der Waals surface area contributed by atoms with Gasteiger partial charge >= 0.3 is 0 Å². The van der Waals surface area contributed by atoms with Crippen molar-refractivity contribution in [2.24, 2.45) is 5.92 Å². The van der Waals surface area contributed by atoms with Gasteiger partial charge in [0.2, 0.25) is 5.91 Å². The Bertz CT molecular complexity index is 530. The van der Waals surface area contributed by atoms with E-state index in [0.29, 0.717) is 12.1 Å². The van der Waals surface area contributed by atoms with Crippen molar-refractivity contribution < 1.29 is 9.59 Å². The zero-order valence-corrected chi connectivity index (χ0v) is 11.0. The van der Waals surface area contributed by atoms with Gasteiger partial charge in [-0.1, -0.05) is 30.4 Å². The largest absolute Gasteiger partial charge is 0.345 e. The summed E-state index contributed by atoms with van der Waals surface area (Å²) in [5, 5.41) is 2.82. The van der Waals surface area contributed by atoms with Crippen LogP contribution in [0.25, 0.3) is 0 Å². The SMILES string of the molecule is CC(=O)c1ccc(C#CCNC(=O)C2CCC2)cc1. The van der Waals surface area contributed by atoms with Crippen LogP contribution in [0.5, 0.6) is 0 Å². The molecule has 1 N–H and O–H groups in total. The van der Waals surface area contributed by atoms with Crippen LogP contribution in [0.1, 0.15) is 42.1 Å². The molecule has 0 saturated heterocycles. The number of rotatable bonds is 3. The van der Waals surface area contributed by atoms with E-state index < -0.39 is 0 Å². The molecule has 1 amide bonds. The minimum absolute atomic E-state index is 0.0484. The highest BCUT2D eigenvalue weighted by Gasteiger charge is 2.24. The Morgan fingerprint density at radius 1 is 1.26 bits per heavy atom. The van der Waals surface area contributed by atoms with Crippen LogP contribution in [0.2, 0.25) is 0 Å². The molecule has 1 aromatic rings. The van der Waals surface area contributed by atoms with Gasteiger partial charge in [0, 0.05) is 17.0 Å². The maximum Gasteiger partial charge on any atom is 0.223 e. The molecular weight excluding hydrogens is 238 g/mol. The molecule has 3 nitrogen and oxygen atoms in total. The van der Waals surface area contributed by atoms with Crippen molar-refractivity contribution in [1.29, 1.82) is 0 Å². The van der Waals surface area contributed by atoms with Gasteiger partial charge in [0.15, 0.2) is 5.78 Å². The molecule has 1 fully saturated rings. The number of hydrogen-bond acceptors (Lipinski definition) is 2. The smallest absolute Gasteiger partial charge is 0.223 e. The van der Waals surface area contributed by atoms with E-state index in [-0.39, 0.29) is 17.6 Å². The van der Waals surface area contributed by atoms with Gasteiger partial charge in [-0.2, -0.15) is 0 Å². The fourth-order valence-corrected chi connectivity index (χ4v) is 1.88. The quantitative estimate of drug-likeness (QED) is 0.664. The van der Waals surface area contributed by atoms with E-state index in [1.807, 2.05) is 12.1 Å². The van der Waals surface area contributed by atoms with Crippen LogP contribution in [0.3, 0.4) is 0 Å². The maximum absolute atomic E-state index is 11.5. The highest BCUT2D eigenvalue weighted by atomic mass is 16.1. The minimum Gasteiger partial charge on any atom is -0.345 e. The molecule has 1 saturated carbocycles. The van der Waals surface area contributed by atoms with Crippen molar-refractivity contribution >= 4 is 11.7 Å². The van der Waals surface area contributed by atoms with Gasteiger partial charge in [-0.15, -0.1) is 0 Å². The fraction of sp³-hybridized carbons (Fsp3) is 0.375. The third-order valence-electron chi connectivity index (χ3n) is 3.35. The Morgan fingerprint density at radius 3 is 2.47 bits per heavy atom. The number of benzene rings is 1. The first kappa shape index (κ1) is 13.4. The van der Waals surface area contributed by atoms with Crippen LogP contribution in [-0.2, 0) is 4.79 Å². The molecule has 1 aliphatic rings. The van der Waals surface area contributed by atoms with E-state index >= 15 is 0 Å². The number of hydrogen-bond donors (Lipinski definition) is 1. The molecule has 3 heteroatoms. The standard InChI is InChI=1S/C16H17NO2/c1-12(18)14-9-7-13(8-10-14)4-3-11-17-16(19)15-5-2-6-15/h7-10,15H,2,5-6,11H2,1H3,(H,17,19). The predicted octanol–water partition coefficient (Wildman–Crippen LogP) is 2.16. The van der Waals surface area contributed by atoms with Crippen LogP contribution in [0.15, 0.2) is 24.3 Å². The van der Waals surface area contributed by atoms with Gasteiger partial charge in [-0.25, -0.2) is 0 Å². The predicted molar refractivity (Wildman–Crippen MR) is 73.7 cm³/mol. The number of Topliss-reactive ketones (excluding diaryl/α,β-unsaturated/α-hetero) is 1. The van der Waals surface area contributed by atoms with Crippen molar-refractivity contribution in [1.82, 2.24) is 5.32 Å². The third-order valence-corrected chi connectivity index (χ3v) is 3.35. The van der Waals surface area contributed by atoms with Crippen LogP contribution >= 0.6 is 0 Å². The normalized spacial score (nSPS) is 13.9. The molecule has 0 bridgehead atoms. The van der Waals surface area contributed by atoms with E-state index in [1.165, 1.54) is 6.92 Å². The molecule has 1 aromatic carbocycles. The second-order valence-corrected chi connectivity index (χ2v) is 4.78. The summed E-state index contributed by atoms with van der Waals surface area (Å²) >= 11 is 0. The number of amides is 1. The van der Waals surface area contributed by atoms with Gasteiger partial charge < -0.3 is 5.32 Å². The highest BCUT2D eigenvalue weighted by molar-refractivity contribution is 5.94. The van der Waals surface area contributed by atoms with E-state index in [2.05, 4.69) is 17.2 Å². The Morgan fingerprint density at radius 2 is 1.95 bits per heavy atom. The molecule has 0 aromatic heterocycles. The lowest BCUT2D eigenvalue weighted by molar-refractivity contribution is -0.127. The second-order valence-electron chi connectivity index (χ2n) is 4.78. The topological polar surface area (TPSA) is 46.2 Å². The van der Waals surface area contributed by atoms with Gasteiger partial charge in [-0.05, 0) is 31.9 Å². The van der Waals surface area contributed by atoms with E-state index in [9.17, 15) is 9.59 Å². The molecule has 19 heavy (non-hydrogen) atoms. The summed E-state index contributed by atoms with van der Waals surface area (Å²) in [5.74, 6) is 6.25. The molecular formula is C16H17NO2. The lowest BCUT2D eigenvalue weighted by atomic mass is 9.85. The average molecular weight is 255 g/mol. The summed E-state index contributed by atoms with van der Waals surface area (Å²) in [5.41, 5.74) is 1.53. The van der Waals surface area contributed by atoms with Crippen molar-refractivity contribution in [2.75, 3.05) is 6.54 Å². The Balaban J connectivity index is 1.82. The van der Waals surface area contributed by atoms with Crippen molar-refractivity contribution in [3.05, 3.63) is 35.4 Å². The van der Waals surface area contributed by atoms with E-state index in [0.717, 1.165) is 24.8 Å². The number of carbonyl (C=O) groups excluding carboxylic acids is 2. The van der Waals surface area contributed by atoms with Gasteiger partial charge in [-0.3, -0.25) is 9.59 Å². The van der Waals surface area contributed by atoms with E-state index in [1.54, 1.807) is 12.1 Å². The van der Waals surface area contributed by atoms with Crippen LogP contribution in [-0.4, -0.2) is 18.2 Å². The zero-order chi connectivity index (χ0) is 13.7. The van der Waals surface area contributed by atoms with E-state index in [4.69, 9.17) is 0 Å². The fourth-order valence-electron chi connectivity index (χ4n) is 1.88. The minimum atomic E-state index is 0.0484. The van der Waals surface area contributed by atoms with Crippen LogP contribution in [0, 0.1) is 17.8 Å². The zero-order valence-electron chi connectivity index (χ0n) is 11.0. The average Bonchev–Trinajstić information content (AvgIpc) is 2.33. The molecule has 0 radical (unpaired) electrons. The van der Waals surface area contributed by atoms with Crippen LogP contribution < -0.4 is 5.32 Å². The summed E-state index contributed by atoms with van der Waals surface area (Å²) < 4.78 is 0. The Labute approximate surface area is 113 Å². The maximum atomic E-state index is 11.5. The summed E-state index contributed by atoms with van der Waals surface area (Å²) in [6, 6.07) is 7.16. The number of carbonyl (C=O) groups is 2. The summed E-state index contributed by atoms with van der Waals surface area (Å²) in [7, 11) is 0. The highest BCUT2D eigenvalue weighted by Crippen LogP contribution is 2.25. The molecule has 1 aliphatic carbocycles. The molecule has 0 aliphatic heterocycles. The van der Waals surface area contributed by atoms with Crippen LogP contribution in [0.4, 0.5) is 0 Å². The monoisotopic (exact) mass is 255 g/mol. The first-order valence-electron chi connectivity index (χ1n) is 6.54. The molecule has 98 valence electrons. The van der Waals surface area contributed by atoms with Gasteiger partial charge in [0.05, 0.1) is 6.54 Å². The Kier molecular flexibility index (Phi) is 4.35. The molecule has 2 rings (SSSR count). The lowest BCUT2D eigenvalue weighted by Crippen LogP contribution is -2.34. The molecule has 0 atom stereocenters. The molecule has 0 unspecified atom stereocenters. The van der Waals surface area contributed by atoms with Crippen molar-refractivity contribution in [3.63, 3.8) is 0 Å². The summed E-state index contributed by atoms with van der Waals surface area (Å²) in [6.07, 6.45) is 3.17. The van der Waals surface area contributed by atoms with Gasteiger partial charge in [0.25, 0.3) is 0 Å². The second kappa shape index (κ2) is 6.19. The van der Waals surface area contributed by atoms with Gasteiger partial charge in [0.1, 0.15) is 0 Å². The third kappa shape index (κ3) is 3.69. The molecule has 0 heterocycles. The van der Waals surface area contributed by atoms with Crippen molar-refractivity contribution in [3.8, 4) is 11.8 Å². The van der Waals surface area contributed by atoms with Crippen molar-refractivity contribution in [2.45, 2.75) is 26.2 Å². The summed E-state index contributed by atoms with van der Waals surface area (Å²) in [4.78, 5) is 22.6. The first-order chi connectivity index (χ1) is 9.16. The summed E-state index contributed by atoms with van der Waals surface area (Å²) in [6.45, 7) is 1.92. The molecule has 0 spiro atoms. The number of ketones is 1.